The van der Waals surface area contributed by atoms with Crippen LogP contribution >= 0.6 is 0 Å². The number of urea groups is 1. The Labute approximate surface area is 160 Å². The number of hydrogen-bond acceptors (Lipinski definition) is 4. The van der Waals surface area contributed by atoms with Gasteiger partial charge in [-0.2, -0.15) is 0 Å². The zero-order valence-corrected chi connectivity index (χ0v) is 15.8. The maximum absolute atomic E-state index is 12.5. The number of nitrogens with zero attached hydrogens (tertiary/aromatic N) is 3. The monoisotopic (exact) mass is 368 g/mol. The Morgan fingerprint density at radius 2 is 1.70 bits per heavy atom. The molecule has 0 radical (unpaired) electrons. The number of nitrogens with one attached hydrogen (secondary N) is 1. The van der Waals surface area contributed by atoms with Gasteiger partial charge in [0, 0.05) is 25.6 Å². The van der Waals surface area contributed by atoms with Crippen LogP contribution in [0.15, 0.2) is 34.7 Å². The Kier molecular flexibility index (Phi) is 5.70. The van der Waals surface area contributed by atoms with Crippen molar-refractivity contribution in [2.24, 2.45) is 0 Å². The molecule has 1 saturated heterocycles. The van der Waals surface area contributed by atoms with Crippen molar-refractivity contribution in [1.29, 1.82) is 0 Å². The average molecular weight is 368 g/mol. The third-order valence-electron chi connectivity index (χ3n) is 5.76. The van der Waals surface area contributed by atoms with E-state index in [9.17, 15) is 4.79 Å². The van der Waals surface area contributed by atoms with Crippen LogP contribution in [0.4, 0.5) is 4.79 Å². The summed E-state index contributed by atoms with van der Waals surface area (Å²) in [7, 11) is 0. The lowest BCUT2D eigenvalue weighted by Gasteiger charge is -2.31. The van der Waals surface area contributed by atoms with Gasteiger partial charge in [0.15, 0.2) is 0 Å². The molecule has 6 heteroatoms. The molecule has 2 aromatic rings. The molecule has 1 saturated carbocycles. The van der Waals surface area contributed by atoms with Crippen molar-refractivity contribution >= 4 is 6.03 Å². The van der Waals surface area contributed by atoms with E-state index < -0.39 is 0 Å². The Hall–Kier alpha value is -2.37. The fraction of sp³-hybridized carbons (Fsp3) is 0.571. The molecule has 2 aliphatic rings. The fourth-order valence-electron chi connectivity index (χ4n) is 4.17. The molecule has 2 fully saturated rings. The van der Waals surface area contributed by atoms with E-state index in [2.05, 4.69) is 15.5 Å². The molecule has 0 spiro atoms. The first kappa shape index (κ1) is 18.0. The van der Waals surface area contributed by atoms with Crippen LogP contribution in [-0.2, 0) is 6.54 Å². The summed E-state index contributed by atoms with van der Waals surface area (Å²) in [4.78, 5) is 14.4. The molecule has 27 heavy (non-hydrogen) atoms. The van der Waals surface area contributed by atoms with Crippen molar-refractivity contribution < 1.29 is 9.21 Å². The highest BCUT2D eigenvalue weighted by Gasteiger charge is 2.29. The van der Waals surface area contributed by atoms with E-state index in [0.29, 0.717) is 24.9 Å². The average Bonchev–Trinajstić information content (AvgIpc) is 3.24. The molecule has 1 aliphatic carbocycles. The number of aromatic nitrogens is 2. The van der Waals surface area contributed by atoms with Crippen molar-refractivity contribution in [2.45, 2.75) is 63.3 Å². The highest BCUT2D eigenvalue weighted by atomic mass is 16.4. The number of rotatable bonds is 4. The van der Waals surface area contributed by atoms with Crippen LogP contribution in [0.25, 0.3) is 0 Å². The van der Waals surface area contributed by atoms with E-state index in [-0.39, 0.29) is 11.9 Å². The zero-order chi connectivity index (χ0) is 18.5. The maximum Gasteiger partial charge on any atom is 0.317 e. The van der Waals surface area contributed by atoms with Crippen LogP contribution in [0.2, 0.25) is 0 Å². The number of benzene rings is 1. The number of piperidine rings is 1. The van der Waals surface area contributed by atoms with Gasteiger partial charge in [-0.15, -0.1) is 10.2 Å². The van der Waals surface area contributed by atoms with E-state index in [1.54, 1.807) is 0 Å². The molecule has 1 unspecified atom stereocenters. The third-order valence-corrected chi connectivity index (χ3v) is 5.76. The lowest BCUT2D eigenvalue weighted by Crippen LogP contribution is -2.44. The zero-order valence-electron chi connectivity index (χ0n) is 15.8. The van der Waals surface area contributed by atoms with Crippen LogP contribution in [0.3, 0.4) is 0 Å². The Morgan fingerprint density at radius 3 is 2.48 bits per heavy atom. The SMILES string of the molecule is O=C(NCc1ccccc1)N1CCCC(c2nnc(C3CCCCC3)o2)C1. The number of amides is 2. The van der Waals surface area contributed by atoms with Gasteiger partial charge in [0.25, 0.3) is 0 Å². The van der Waals surface area contributed by atoms with Gasteiger partial charge in [-0.3, -0.25) is 0 Å². The van der Waals surface area contributed by atoms with Crippen LogP contribution in [0, 0.1) is 0 Å². The van der Waals surface area contributed by atoms with E-state index in [1.807, 2.05) is 35.2 Å². The molecule has 2 heterocycles. The van der Waals surface area contributed by atoms with Crippen molar-refractivity contribution in [1.82, 2.24) is 20.4 Å². The van der Waals surface area contributed by atoms with Crippen molar-refractivity contribution in [3.63, 3.8) is 0 Å². The van der Waals surface area contributed by atoms with Crippen LogP contribution in [-0.4, -0.2) is 34.2 Å². The van der Waals surface area contributed by atoms with Crippen LogP contribution in [0.5, 0.6) is 0 Å². The number of hydrogen-bond donors (Lipinski definition) is 1. The van der Waals surface area contributed by atoms with Gasteiger partial charge in [-0.05, 0) is 31.2 Å². The molecule has 1 atom stereocenters. The van der Waals surface area contributed by atoms with E-state index >= 15 is 0 Å². The first-order valence-electron chi connectivity index (χ1n) is 10.2. The predicted octanol–water partition coefficient (Wildman–Crippen LogP) is 4.21. The molecule has 0 bridgehead atoms. The Bertz CT molecular complexity index is 740. The van der Waals surface area contributed by atoms with Crippen molar-refractivity contribution in [2.75, 3.05) is 13.1 Å². The van der Waals surface area contributed by atoms with Gasteiger partial charge in [0.05, 0.1) is 5.92 Å². The summed E-state index contributed by atoms with van der Waals surface area (Å²) in [6.45, 7) is 1.97. The Morgan fingerprint density at radius 1 is 1.00 bits per heavy atom. The number of carbonyl (C=O) groups is 1. The molecule has 1 aromatic carbocycles. The summed E-state index contributed by atoms with van der Waals surface area (Å²) in [6, 6.07) is 9.97. The van der Waals surface area contributed by atoms with E-state index in [4.69, 9.17) is 4.42 Å². The normalized spacial score (nSPS) is 21.2. The minimum Gasteiger partial charge on any atom is -0.425 e. The lowest BCUT2D eigenvalue weighted by molar-refractivity contribution is 0.173. The maximum atomic E-state index is 12.5. The summed E-state index contributed by atoms with van der Waals surface area (Å²) in [5.74, 6) is 2.08. The molecular formula is C21H28N4O2. The van der Waals surface area contributed by atoms with Gasteiger partial charge >= 0.3 is 6.03 Å². The van der Waals surface area contributed by atoms with E-state index in [1.165, 1.54) is 19.3 Å². The summed E-state index contributed by atoms with van der Waals surface area (Å²) in [6.07, 6.45) is 8.08. The van der Waals surface area contributed by atoms with E-state index in [0.717, 1.165) is 43.7 Å². The quantitative estimate of drug-likeness (QED) is 0.878. The minimum atomic E-state index is -0.0180. The summed E-state index contributed by atoms with van der Waals surface area (Å²) in [5.41, 5.74) is 1.11. The fourth-order valence-corrected chi connectivity index (χ4v) is 4.17. The molecule has 4 rings (SSSR count). The van der Waals surface area contributed by atoms with Crippen LogP contribution < -0.4 is 5.32 Å². The van der Waals surface area contributed by atoms with Gasteiger partial charge < -0.3 is 14.6 Å². The second-order valence-electron chi connectivity index (χ2n) is 7.74. The highest BCUT2D eigenvalue weighted by Crippen LogP contribution is 2.33. The smallest absolute Gasteiger partial charge is 0.317 e. The summed E-state index contributed by atoms with van der Waals surface area (Å²) < 4.78 is 6.04. The first-order chi connectivity index (χ1) is 13.3. The molecule has 1 aliphatic heterocycles. The predicted molar refractivity (Wildman–Crippen MR) is 102 cm³/mol. The molecular weight excluding hydrogens is 340 g/mol. The Balaban J connectivity index is 1.33. The standard InChI is InChI=1S/C21H28N4O2/c26-21(22-14-16-8-3-1-4-9-16)25-13-7-12-18(15-25)20-24-23-19(27-20)17-10-5-2-6-11-17/h1,3-4,8-9,17-18H,2,5-7,10-15H2,(H,22,26). The molecule has 144 valence electrons. The molecule has 2 amide bonds. The molecule has 6 nitrogen and oxygen atoms in total. The van der Waals surface area contributed by atoms with Crippen molar-refractivity contribution in [3.05, 3.63) is 47.7 Å². The number of likely N-dealkylation sites (tertiary alicyclic amines) is 1. The second kappa shape index (κ2) is 8.55. The summed E-state index contributed by atoms with van der Waals surface area (Å²) >= 11 is 0. The first-order valence-corrected chi connectivity index (χ1v) is 10.2. The van der Waals surface area contributed by atoms with Crippen molar-refractivity contribution in [3.8, 4) is 0 Å². The molecule has 1 aromatic heterocycles. The number of carbonyl (C=O) groups excluding carboxylic acids is 1. The van der Waals surface area contributed by atoms with Gasteiger partial charge in [-0.1, -0.05) is 49.6 Å². The minimum absolute atomic E-state index is 0.0180. The highest BCUT2D eigenvalue weighted by molar-refractivity contribution is 5.74. The second-order valence-corrected chi connectivity index (χ2v) is 7.74. The van der Waals surface area contributed by atoms with Gasteiger partial charge in [0.1, 0.15) is 0 Å². The lowest BCUT2D eigenvalue weighted by atomic mass is 9.89. The third kappa shape index (κ3) is 4.49. The largest absolute Gasteiger partial charge is 0.425 e. The summed E-state index contributed by atoms with van der Waals surface area (Å²) in [5, 5.41) is 11.7. The topological polar surface area (TPSA) is 71.3 Å². The van der Waals surface area contributed by atoms with Crippen LogP contribution in [0.1, 0.15) is 74.1 Å². The van der Waals surface area contributed by atoms with Gasteiger partial charge in [0.2, 0.25) is 11.8 Å². The van der Waals surface area contributed by atoms with Gasteiger partial charge in [-0.25, -0.2) is 4.79 Å². The molecule has 1 N–H and O–H groups in total.